The maximum absolute atomic E-state index is 8.67. The van der Waals surface area contributed by atoms with Crippen molar-refractivity contribution < 1.29 is 22.7 Å². The van der Waals surface area contributed by atoms with Gasteiger partial charge in [0.2, 0.25) is 0 Å². The molecule has 0 amide bonds. The Kier molecular flexibility index (Phi) is 15.8. The van der Waals surface area contributed by atoms with Crippen LogP contribution in [0.2, 0.25) is 0 Å². The maximum atomic E-state index is 8.67. The minimum atomic E-state index is -2.16. The molecule has 0 aromatic rings. The lowest BCUT2D eigenvalue weighted by atomic mass is 9.67. The van der Waals surface area contributed by atoms with E-state index < -0.39 is 10.5 Å². The van der Waals surface area contributed by atoms with Crippen LogP contribution in [0.4, 0.5) is 0 Å². The van der Waals surface area contributed by atoms with E-state index in [1.54, 1.807) is 12.0 Å². The van der Waals surface area contributed by atoms with Gasteiger partial charge in [-0.05, 0) is 106 Å². The Morgan fingerprint density at radius 3 is 2.31 bits per heavy atom. The van der Waals surface area contributed by atoms with E-state index in [-0.39, 0.29) is 28.7 Å². The first-order valence-electron chi connectivity index (χ1n) is 22.1. The molecule has 0 bridgehead atoms. The molecular weight excluding hydrogens is 761 g/mol. The van der Waals surface area contributed by atoms with Gasteiger partial charge in [0.15, 0.2) is 0 Å². The van der Waals surface area contributed by atoms with Crippen molar-refractivity contribution in [3.8, 4) is 0 Å². The van der Waals surface area contributed by atoms with Gasteiger partial charge in [-0.25, -0.2) is 13.6 Å². The molecule has 54 heavy (non-hydrogen) atoms. The van der Waals surface area contributed by atoms with Crippen LogP contribution in [0.5, 0.6) is 0 Å². The second-order valence-corrected chi connectivity index (χ2v) is 23.3. The van der Waals surface area contributed by atoms with Crippen LogP contribution in [-0.4, -0.2) is 162 Å². The molecule has 0 saturated carbocycles. The first-order chi connectivity index (χ1) is 26.8. The molecule has 0 aliphatic carbocycles. The SMILES string of the molecule is C1CCOC(N(OS2(N3CCCNCC3)CCCCC(C3COCCO3)(N3CCNCC3)C2(C2CCCSO2)C2CCCSS2)N2CCCCCC2)CC1. The third-order valence-electron chi connectivity index (χ3n) is 13.6. The largest absolute Gasteiger partial charge is 0.376 e. The zero-order valence-electron chi connectivity index (χ0n) is 33.1. The zero-order chi connectivity index (χ0) is 36.5. The van der Waals surface area contributed by atoms with Gasteiger partial charge in [-0.1, -0.05) is 52.4 Å². The number of nitrogens with one attached hydrogen (secondary N) is 2. The summed E-state index contributed by atoms with van der Waals surface area (Å²) in [4.78, 5) is 2.95. The van der Waals surface area contributed by atoms with E-state index in [1.807, 2.05) is 0 Å². The van der Waals surface area contributed by atoms with E-state index in [4.69, 9.17) is 22.7 Å². The molecule has 8 heterocycles. The van der Waals surface area contributed by atoms with E-state index in [9.17, 15) is 0 Å². The first-order valence-corrected chi connectivity index (χ1v) is 27.1. The van der Waals surface area contributed by atoms with Crippen molar-refractivity contribution in [3.05, 3.63) is 0 Å². The Hall–Kier alpha value is 0.960. The Balaban J connectivity index is 1.40. The Morgan fingerprint density at radius 2 is 1.52 bits per heavy atom. The van der Waals surface area contributed by atoms with Gasteiger partial charge in [-0.15, -0.1) is 0 Å². The number of hydrogen-bond acceptors (Lipinski definition) is 14. The van der Waals surface area contributed by atoms with Crippen molar-refractivity contribution >= 4 is 44.1 Å². The van der Waals surface area contributed by atoms with E-state index in [2.05, 4.69) is 51.6 Å². The van der Waals surface area contributed by atoms with Crippen molar-refractivity contribution in [2.24, 2.45) is 0 Å². The predicted molar refractivity (Wildman–Crippen MR) is 227 cm³/mol. The third-order valence-corrected chi connectivity index (χ3v) is 22.0. The van der Waals surface area contributed by atoms with Crippen molar-refractivity contribution in [2.75, 3.05) is 109 Å². The number of nitrogens with zero attached hydrogens (tertiary/aromatic N) is 4. The number of piperazine rings is 1. The van der Waals surface area contributed by atoms with Gasteiger partial charge < -0.3 is 29.0 Å². The molecule has 0 radical (unpaired) electrons. The molecule has 8 aliphatic heterocycles. The quantitative estimate of drug-likeness (QED) is 0.157. The average molecular weight is 833 g/mol. The average Bonchev–Trinajstić information content (AvgIpc) is 3.84. The van der Waals surface area contributed by atoms with Gasteiger partial charge in [0, 0.05) is 88.0 Å². The molecule has 8 saturated heterocycles. The lowest BCUT2D eigenvalue weighted by Crippen LogP contribution is -2.82. The summed E-state index contributed by atoms with van der Waals surface area (Å²) in [6, 6.07) is 0. The molecule has 8 rings (SSSR count). The van der Waals surface area contributed by atoms with E-state index in [0.29, 0.717) is 25.1 Å². The van der Waals surface area contributed by atoms with Crippen LogP contribution in [0.25, 0.3) is 0 Å². The number of rotatable bonds is 9. The van der Waals surface area contributed by atoms with Crippen LogP contribution in [0.1, 0.15) is 103 Å². The second-order valence-electron chi connectivity index (χ2n) is 16.7. The van der Waals surface area contributed by atoms with Gasteiger partial charge in [-0.3, -0.25) is 4.90 Å². The van der Waals surface area contributed by atoms with Gasteiger partial charge in [-0.2, -0.15) is 0 Å². The normalized spacial score (nSPS) is 42.2. The summed E-state index contributed by atoms with van der Waals surface area (Å²) in [7, 11) is 2.16. The molecule has 8 aliphatic rings. The van der Waals surface area contributed by atoms with Crippen LogP contribution >= 0.6 is 44.1 Å². The van der Waals surface area contributed by atoms with E-state index >= 15 is 0 Å². The molecule has 7 unspecified atom stereocenters. The number of hydroxylamine groups is 1. The molecular formula is C39H72N6O5S4. The van der Waals surface area contributed by atoms with Crippen molar-refractivity contribution in [1.29, 1.82) is 0 Å². The van der Waals surface area contributed by atoms with Gasteiger partial charge in [0.25, 0.3) is 0 Å². The molecule has 8 fully saturated rings. The van der Waals surface area contributed by atoms with Gasteiger partial charge in [0.1, 0.15) is 12.3 Å². The highest BCUT2D eigenvalue weighted by Gasteiger charge is 2.76. The van der Waals surface area contributed by atoms with Crippen molar-refractivity contribution in [2.45, 2.75) is 137 Å². The maximum Gasteiger partial charge on any atom is 0.150 e. The van der Waals surface area contributed by atoms with Crippen LogP contribution in [0.15, 0.2) is 0 Å². The molecule has 11 nitrogen and oxygen atoms in total. The molecule has 2 N–H and O–H groups in total. The molecule has 312 valence electrons. The second kappa shape index (κ2) is 20.5. The summed E-state index contributed by atoms with van der Waals surface area (Å²) in [5, 5.41) is 13.0. The monoisotopic (exact) mass is 832 g/mol. The van der Waals surface area contributed by atoms with E-state index in [0.717, 1.165) is 122 Å². The predicted octanol–water partition coefficient (Wildman–Crippen LogP) is 6.21. The minimum Gasteiger partial charge on any atom is -0.376 e. The van der Waals surface area contributed by atoms with Crippen LogP contribution in [0.3, 0.4) is 0 Å². The van der Waals surface area contributed by atoms with Crippen LogP contribution in [0, 0.1) is 0 Å². The summed E-state index contributed by atoms with van der Waals surface area (Å²) in [6.07, 6.45) is 18.8. The summed E-state index contributed by atoms with van der Waals surface area (Å²) in [6.45, 7) is 13.0. The molecule has 7 atom stereocenters. The number of ether oxygens (including phenoxy) is 3. The smallest absolute Gasteiger partial charge is 0.150 e. The van der Waals surface area contributed by atoms with Crippen molar-refractivity contribution in [1.82, 2.24) is 30.0 Å². The molecule has 15 heteroatoms. The Labute approximate surface area is 341 Å². The standard InChI is InChI=1S/C39H72N6O5S4/c1-2-7-22-43(21-6-1)45(37-15-4-3-8-27-48-37)50-54(44-23-12-17-40-20-26-44)32-9-5-16-38(35-33-46-28-29-47-35,42-24-18-41-19-25-42)39(54,34-13-10-30-51-49-34)36-14-11-31-52-53-36/h34-37,40-41H,1-33H2. The summed E-state index contributed by atoms with van der Waals surface area (Å²) in [5.41, 5.74) is -0.325. The Bertz CT molecular complexity index is 1050. The highest BCUT2D eigenvalue weighted by atomic mass is 33.1. The topological polar surface area (TPSA) is 83.2 Å². The van der Waals surface area contributed by atoms with Crippen LogP contribution < -0.4 is 10.6 Å². The number of hydrogen-bond donors (Lipinski definition) is 2. The lowest BCUT2D eigenvalue weighted by molar-refractivity contribution is -0.303. The fourth-order valence-corrected chi connectivity index (χ4v) is 21.3. The fraction of sp³-hybridized carbons (Fsp3) is 1.00. The van der Waals surface area contributed by atoms with Crippen LogP contribution in [-0.2, 0) is 22.7 Å². The molecule has 0 aromatic carbocycles. The lowest BCUT2D eigenvalue weighted by Gasteiger charge is -2.72. The highest BCUT2D eigenvalue weighted by Crippen LogP contribution is 2.77. The molecule has 0 spiro atoms. The molecule has 0 aromatic heterocycles. The summed E-state index contributed by atoms with van der Waals surface area (Å²) < 4.78 is 39.5. The summed E-state index contributed by atoms with van der Waals surface area (Å²) >= 11 is 1.75. The van der Waals surface area contributed by atoms with Gasteiger partial charge in [0.05, 0.1) is 36.2 Å². The summed E-state index contributed by atoms with van der Waals surface area (Å²) in [5.74, 6) is 3.35. The first kappa shape index (κ1) is 41.7. The number of hydrazine groups is 1. The highest BCUT2D eigenvalue weighted by molar-refractivity contribution is 8.77. The van der Waals surface area contributed by atoms with Crippen molar-refractivity contribution in [3.63, 3.8) is 0 Å². The zero-order valence-corrected chi connectivity index (χ0v) is 36.4. The minimum absolute atomic E-state index is 0.0400. The Morgan fingerprint density at radius 1 is 0.685 bits per heavy atom. The third kappa shape index (κ3) is 8.47. The van der Waals surface area contributed by atoms with Gasteiger partial charge >= 0.3 is 0 Å². The fourth-order valence-electron chi connectivity index (χ4n) is 11.3. The van der Waals surface area contributed by atoms with E-state index in [1.165, 1.54) is 70.0 Å².